The molecule has 0 aromatic heterocycles. The molecule has 1 aliphatic rings. The molecule has 0 spiro atoms. The number of nitrogens with zero attached hydrogens (tertiary/aromatic N) is 4. The Morgan fingerprint density at radius 3 is 2.30 bits per heavy atom. The molecular formula is C28H30N6O3. The zero-order chi connectivity index (χ0) is 26.2. The van der Waals surface area contributed by atoms with Crippen LogP contribution in [0.25, 0.3) is 0 Å². The smallest absolute Gasteiger partial charge is 0.322 e. The van der Waals surface area contributed by atoms with Crippen LogP contribution in [-0.4, -0.2) is 55.6 Å². The number of hydrogen-bond donors (Lipinski definition) is 2. The molecule has 0 aliphatic carbocycles. The van der Waals surface area contributed by atoms with Gasteiger partial charge >= 0.3 is 6.03 Å². The molecule has 9 nitrogen and oxygen atoms in total. The Bertz CT molecular complexity index is 1280. The first-order valence-electron chi connectivity index (χ1n) is 11.9. The van der Waals surface area contributed by atoms with Crippen molar-refractivity contribution in [1.82, 2.24) is 9.80 Å². The molecule has 0 saturated carbocycles. The highest BCUT2D eigenvalue weighted by atomic mass is 16.5. The van der Waals surface area contributed by atoms with Gasteiger partial charge in [-0.3, -0.25) is 0 Å². The van der Waals surface area contributed by atoms with E-state index in [0.29, 0.717) is 42.8 Å². The summed E-state index contributed by atoms with van der Waals surface area (Å²) in [7, 11) is 3.13. The van der Waals surface area contributed by atoms with Gasteiger partial charge in [0, 0.05) is 49.2 Å². The monoisotopic (exact) mass is 498 g/mol. The molecule has 2 N–H and O–H groups in total. The molecule has 1 fully saturated rings. The number of rotatable bonds is 5. The molecule has 0 bridgehead atoms. The van der Waals surface area contributed by atoms with E-state index in [1.807, 2.05) is 72.6 Å². The number of hydrogen-bond acceptors (Lipinski definition) is 5. The van der Waals surface area contributed by atoms with Crippen molar-refractivity contribution in [3.05, 3.63) is 83.9 Å². The quantitative estimate of drug-likeness (QED) is 0.296. The van der Waals surface area contributed by atoms with Crippen LogP contribution in [0.2, 0.25) is 0 Å². The number of piperazine rings is 1. The van der Waals surface area contributed by atoms with Crippen molar-refractivity contribution in [2.45, 2.75) is 13.0 Å². The Kier molecular flexibility index (Phi) is 8.11. The van der Waals surface area contributed by atoms with Gasteiger partial charge in [0.25, 0.3) is 0 Å². The molecule has 190 valence electrons. The summed E-state index contributed by atoms with van der Waals surface area (Å²) in [5, 5.41) is 15.7. The summed E-state index contributed by atoms with van der Waals surface area (Å²) in [5.74, 6) is 1.62. The van der Waals surface area contributed by atoms with Crippen molar-refractivity contribution in [2.75, 3.05) is 44.5 Å². The molecule has 1 heterocycles. The lowest BCUT2D eigenvalue weighted by atomic mass is 10.0. The summed E-state index contributed by atoms with van der Waals surface area (Å²) in [6.45, 7) is 3.37. The van der Waals surface area contributed by atoms with E-state index in [0.717, 1.165) is 16.8 Å². The molecular weight excluding hydrogens is 468 g/mol. The molecule has 1 aliphatic heterocycles. The van der Waals surface area contributed by atoms with E-state index in [2.05, 4.69) is 15.6 Å². The number of aliphatic imine (C=N–C) groups is 1. The zero-order valence-corrected chi connectivity index (χ0v) is 21.1. The number of ether oxygens (including phenoxy) is 2. The van der Waals surface area contributed by atoms with E-state index in [-0.39, 0.29) is 12.1 Å². The fraction of sp³-hybridized carbons (Fsp3) is 0.250. The molecule has 37 heavy (non-hydrogen) atoms. The van der Waals surface area contributed by atoms with E-state index in [1.54, 1.807) is 37.3 Å². The van der Waals surface area contributed by atoms with Crippen molar-refractivity contribution in [2.24, 2.45) is 4.99 Å². The number of guanidine groups is 1. The van der Waals surface area contributed by atoms with E-state index < -0.39 is 0 Å². The Hall–Kier alpha value is -4.71. The van der Waals surface area contributed by atoms with Gasteiger partial charge in [0.1, 0.15) is 11.5 Å². The molecule has 1 saturated heterocycles. The van der Waals surface area contributed by atoms with Crippen LogP contribution < -0.4 is 20.1 Å². The first-order valence-corrected chi connectivity index (χ1v) is 11.9. The predicted molar refractivity (Wildman–Crippen MR) is 144 cm³/mol. The topological polar surface area (TPSA) is 102 Å². The predicted octanol–water partition coefficient (Wildman–Crippen LogP) is 4.85. The first-order chi connectivity index (χ1) is 18.0. The van der Waals surface area contributed by atoms with Crippen molar-refractivity contribution < 1.29 is 14.3 Å². The number of urea groups is 1. The Morgan fingerprint density at radius 1 is 0.973 bits per heavy atom. The van der Waals surface area contributed by atoms with Crippen LogP contribution in [0.4, 0.5) is 16.2 Å². The van der Waals surface area contributed by atoms with Crippen LogP contribution in [0.15, 0.2) is 77.8 Å². The number of methoxy groups -OCH3 is 2. The third-order valence-corrected chi connectivity index (χ3v) is 6.28. The number of nitrogens with one attached hydrogen (secondary N) is 2. The summed E-state index contributed by atoms with van der Waals surface area (Å²) >= 11 is 0. The van der Waals surface area contributed by atoms with Gasteiger partial charge in [0.15, 0.2) is 0 Å². The third-order valence-electron chi connectivity index (χ3n) is 6.28. The average Bonchev–Trinajstić information content (AvgIpc) is 2.93. The van der Waals surface area contributed by atoms with Crippen molar-refractivity contribution in [3.8, 4) is 17.7 Å². The lowest BCUT2D eigenvalue weighted by molar-refractivity contribution is 0.136. The lowest BCUT2D eigenvalue weighted by Crippen LogP contribution is -2.54. The van der Waals surface area contributed by atoms with Gasteiger partial charge in [-0.1, -0.05) is 48.5 Å². The van der Waals surface area contributed by atoms with Gasteiger partial charge in [0.05, 0.1) is 20.3 Å². The summed E-state index contributed by atoms with van der Waals surface area (Å²) in [6, 6.07) is 22.4. The first kappa shape index (κ1) is 25.4. The second-order valence-corrected chi connectivity index (χ2v) is 8.57. The number of anilines is 2. The van der Waals surface area contributed by atoms with Gasteiger partial charge in [-0.05, 0) is 24.1 Å². The van der Waals surface area contributed by atoms with Gasteiger partial charge < -0.3 is 29.9 Å². The minimum absolute atomic E-state index is 0.241. The van der Waals surface area contributed by atoms with Crippen LogP contribution in [0.1, 0.15) is 17.2 Å². The van der Waals surface area contributed by atoms with Gasteiger partial charge in [-0.25, -0.2) is 4.79 Å². The average molecular weight is 499 g/mol. The second kappa shape index (κ2) is 11.8. The minimum Gasteiger partial charge on any atom is -0.497 e. The molecule has 0 radical (unpaired) electrons. The van der Waals surface area contributed by atoms with Gasteiger partial charge in [-0.2, -0.15) is 5.26 Å². The van der Waals surface area contributed by atoms with E-state index >= 15 is 0 Å². The van der Waals surface area contributed by atoms with E-state index in [1.165, 1.54) is 0 Å². The number of aryl methyl sites for hydroxylation is 1. The van der Waals surface area contributed by atoms with Crippen LogP contribution in [0, 0.1) is 18.4 Å². The number of para-hydroxylation sites is 1. The largest absolute Gasteiger partial charge is 0.497 e. The van der Waals surface area contributed by atoms with E-state index in [4.69, 9.17) is 9.47 Å². The molecule has 4 rings (SSSR count). The van der Waals surface area contributed by atoms with E-state index in [9.17, 15) is 10.1 Å². The maximum absolute atomic E-state index is 13.5. The van der Waals surface area contributed by atoms with Crippen LogP contribution in [-0.2, 0) is 0 Å². The number of carbonyl (C=O) groups is 1. The van der Waals surface area contributed by atoms with Crippen molar-refractivity contribution >= 4 is 23.4 Å². The number of carbonyl (C=O) groups excluding carboxylic acids is 1. The fourth-order valence-electron chi connectivity index (χ4n) is 4.31. The molecule has 3 aromatic rings. The highest BCUT2D eigenvalue weighted by Gasteiger charge is 2.33. The molecule has 1 atom stereocenters. The third kappa shape index (κ3) is 6.11. The second-order valence-electron chi connectivity index (χ2n) is 8.57. The highest BCUT2D eigenvalue weighted by Crippen LogP contribution is 2.29. The maximum Gasteiger partial charge on any atom is 0.322 e. The Labute approximate surface area is 216 Å². The van der Waals surface area contributed by atoms with Crippen LogP contribution >= 0.6 is 0 Å². The molecule has 3 aromatic carbocycles. The van der Waals surface area contributed by atoms with Crippen LogP contribution in [0.3, 0.4) is 0 Å². The molecule has 9 heteroatoms. The van der Waals surface area contributed by atoms with Gasteiger partial charge in [0.2, 0.25) is 12.2 Å². The van der Waals surface area contributed by atoms with Crippen molar-refractivity contribution in [1.29, 1.82) is 5.26 Å². The van der Waals surface area contributed by atoms with Crippen molar-refractivity contribution in [3.63, 3.8) is 0 Å². The summed E-state index contributed by atoms with van der Waals surface area (Å²) < 4.78 is 10.7. The zero-order valence-electron chi connectivity index (χ0n) is 21.1. The summed E-state index contributed by atoms with van der Waals surface area (Å²) in [6.07, 6.45) is 1.91. The normalized spacial score (nSPS) is 15.5. The Balaban J connectivity index is 1.59. The number of amides is 2. The number of nitriles is 1. The summed E-state index contributed by atoms with van der Waals surface area (Å²) in [5.41, 5.74) is 3.47. The van der Waals surface area contributed by atoms with Crippen LogP contribution in [0.5, 0.6) is 11.5 Å². The summed E-state index contributed by atoms with van der Waals surface area (Å²) in [4.78, 5) is 21.4. The molecule has 1 unspecified atom stereocenters. The maximum atomic E-state index is 13.5. The SMILES string of the molecule is COc1cc(NC(=O)N2CCN(/C(=N\C#N)Nc3ccccc3C)CC2c2ccccc2)cc(OC)c1. The molecule has 2 amide bonds. The standard InChI is InChI=1S/C28H30N6O3/c1-20-9-7-8-12-25(20)32-27(30-19-29)33-13-14-34(26(18-33)21-10-5-4-6-11-21)28(35)31-22-15-23(36-2)17-24(16-22)37-3/h4-12,15-17,26H,13-14,18H2,1-3H3,(H,30,32)(H,31,35). The number of benzene rings is 3. The van der Waals surface area contributed by atoms with Gasteiger partial charge in [-0.15, -0.1) is 4.99 Å². The minimum atomic E-state index is -0.273. The Morgan fingerprint density at radius 2 is 1.65 bits per heavy atom. The fourth-order valence-corrected chi connectivity index (χ4v) is 4.31. The highest BCUT2D eigenvalue weighted by molar-refractivity contribution is 5.95. The lowest BCUT2D eigenvalue weighted by Gasteiger charge is -2.42.